The number of carbonyl (C=O) groups is 2. The average molecular weight is 502 g/mol. The molecule has 0 radical (unpaired) electrons. The number of thioether (sulfide) groups is 1. The van der Waals surface area contributed by atoms with E-state index in [0.29, 0.717) is 30.1 Å². The van der Waals surface area contributed by atoms with Gasteiger partial charge in [0.1, 0.15) is 28.2 Å². The van der Waals surface area contributed by atoms with Crippen molar-refractivity contribution in [3.05, 3.63) is 106 Å². The molecule has 1 aliphatic heterocycles. The fourth-order valence-corrected chi connectivity index (χ4v) is 5.14. The Morgan fingerprint density at radius 1 is 1.06 bits per heavy atom. The highest BCUT2D eigenvalue weighted by atomic mass is 32.2. The summed E-state index contributed by atoms with van der Waals surface area (Å²) in [6.07, 6.45) is 0.917. The molecule has 0 bridgehead atoms. The van der Waals surface area contributed by atoms with Crippen LogP contribution in [0.3, 0.4) is 0 Å². The molecule has 8 heteroatoms. The van der Waals surface area contributed by atoms with Crippen LogP contribution in [-0.4, -0.2) is 30.7 Å². The van der Waals surface area contributed by atoms with Gasteiger partial charge in [-0.1, -0.05) is 54.2 Å². The predicted molar refractivity (Wildman–Crippen MR) is 138 cm³/mol. The van der Waals surface area contributed by atoms with E-state index in [-0.39, 0.29) is 17.3 Å². The molecule has 0 spiro atoms. The third-order valence-corrected chi connectivity index (χ3v) is 6.98. The van der Waals surface area contributed by atoms with Gasteiger partial charge in [-0.25, -0.2) is 4.39 Å². The first-order valence-electron chi connectivity index (χ1n) is 11.4. The van der Waals surface area contributed by atoms with Crippen LogP contribution < -0.4 is 15.0 Å². The topological polar surface area (TPSA) is 82.4 Å². The Hall–Kier alpha value is -4.09. The van der Waals surface area contributed by atoms with Crippen molar-refractivity contribution < 1.29 is 18.7 Å². The van der Waals surface area contributed by atoms with Crippen LogP contribution >= 0.6 is 11.8 Å². The van der Waals surface area contributed by atoms with Gasteiger partial charge in [-0.2, -0.15) is 5.26 Å². The van der Waals surface area contributed by atoms with Crippen molar-refractivity contribution in [1.82, 2.24) is 5.32 Å². The Balaban J connectivity index is 1.55. The van der Waals surface area contributed by atoms with Crippen LogP contribution in [0.4, 0.5) is 10.1 Å². The van der Waals surface area contributed by atoms with E-state index < -0.39 is 11.2 Å². The first-order valence-corrected chi connectivity index (χ1v) is 12.2. The summed E-state index contributed by atoms with van der Waals surface area (Å²) in [5.41, 5.74) is 2.26. The number of hydrogen-bond acceptors (Lipinski definition) is 5. The lowest BCUT2D eigenvalue weighted by molar-refractivity contribution is -0.117. The Morgan fingerprint density at radius 2 is 1.72 bits per heavy atom. The van der Waals surface area contributed by atoms with Crippen LogP contribution in [0.15, 0.2) is 89.5 Å². The largest absolute Gasteiger partial charge is 0.497 e. The number of halogens is 1. The Kier molecular flexibility index (Phi) is 8.03. The van der Waals surface area contributed by atoms with E-state index in [0.717, 1.165) is 16.9 Å². The van der Waals surface area contributed by atoms with Crippen molar-refractivity contribution in [2.45, 2.75) is 18.1 Å². The van der Waals surface area contributed by atoms with E-state index >= 15 is 0 Å². The summed E-state index contributed by atoms with van der Waals surface area (Å²) < 4.78 is 18.5. The molecule has 1 fully saturated rings. The molecule has 4 rings (SSSR count). The molecule has 2 amide bonds. The molecule has 3 aromatic rings. The molecule has 1 saturated heterocycles. The third kappa shape index (κ3) is 5.75. The second kappa shape index (κ2) is 11.6. The minimum absolute atomic E-state index is 0.117. The van der Waals surface area contributed by atoms with Crippen molar-refractivity contribution in [2.75, 3.05) is 18.6 Å². The van der Waals surface area contributed by atoms with E-state index in [1.54, 1.807) is 43.5 Å². The number of carbonyl (C=O) groups excluding carboxylic acids is 2. The molecular weight excluding hydrogens is 477 g/mol. The maximum atomic E-state index is 13.4. The number of nitriles is 1. The second-order valence-electron chi connectivity index (χ2n) is 8.09. The summed E-state index contributed by atoms with van der Waals surface area (Å²) in [5, 5.41) is 12.5. The normalized spacial score (nSPS) is 16.4. The SMILES string of the molecule is COc1ccc(CCNC(=O)C(C#N)=C2SC(Cc3ccc(F)cc3)C(=O)N2c2ccccc2)cc1. The van der Waals surface area contributed by atoms with Crippen LogP contribution in [0, 0.1) is 17.1 Å². The molecule has 3 aromatic carbocycles. The Morgan fingerprint density at radius 3 is 2.36 bits per heavy atom. The first kappa shape index (κ1) is 25.0. The van der Waals surface area contributed by atoms with E-state index in [1.165, 1.54) is 28.8 Å². The van der Waals surface area contributed by atoms with Gasteiger partial charge in [-0.05, 0) is 60.4 Å². The van der Waals surface area contributed by atoms with Gasteiger partial charge in [-0.3, -0.25) is 14.5 Å². The summed E-state index contributed by atoms with van der Waals surface area (Å²) in [6, 6.07) is 24.4. The number of ether oxygens (including phenoxy) is 1. The molecule has 1 N–H and O–H groups in total. The molecule has 182 valence electrons. The van der Waals surface area contributed by atoms with Gasteiger partial charge >= 0.3 is 0 Å². The lowest BCUT2D eigenvalue weighted by Gasteiger charge is -2.18. The number of para-hydroxylation sites is 1. The summed E-state index contributed by atoms with van der Waals surface area (Å²) in [6.45, 7) is 0.326. The fourth-order valence-electron chi connectivity index (χ4n) is 3.83. The van der Waals surface area contributed by atoms with Gasteiger partial charge in [0.25, 0.3) is 5.91 Å². The standard InChI is InChI=1S/C28H24FN3O3S/c1-35-23-13-9-19(10-14-23)15-16-31-26(33)24(18-30)28-32(22-5-3-2-4-6-22)27(34)25(36-28)17-20-7-11-21(29)12-8-20/h2-14,25H,15-17H2,1H3,(H,31,33). The zero-order valence-corrected chi connectivity index (χ0v) is 20.4. The predicted octanol–water partition coefficient (Wildman–Crippen LogP) is 4.62. The average Bonchev–Trinajstić information content (AvgIpc) is 3.22. The number of benzene rings is 3. The molecular formula is C28H24FN3O3S. The summed E-state index contributed by atoms with van der Waals surface area (Å²) in [4.78, 5) is 27.9. The van der Waals surface area contributed by atoms with Crippen LogP contribution in [0.5, 0.6) is 5.75 Å². The van der Waals surface area contributed by atoms with Crippen LogP contribution in [0.25, 0.3) is 0 Å². The third-order valence-electron chi connectivity index (χ3n) is 5.71. The highest BCUT2D eigenvalue weighted by Crippen LogP contribution is 2.41. The van der Waals surface area contributed by atoms with Crippen molar-refractivity contribution in [3.63, 3.8) is 0 Å². The van der Waals surface area contributed by atoms with E-state index in [1.807, 2.05) is 36.4 Å². The van der Waals surface area contributed by atoms with Gasteiger partial charge in [0.2, 0.25) is 5.91 Å². The van der Waals surface area contributed by atoms with Crippen molar-refractivity contribution in [2.24, 2.45) is 0 Å². The molecule has 6 nitrogen and oxygen atoms in total. The maximum Gasteiger partial charge on any atom is 0.264 e. The highest BCUT2D eigenvalue weighted by molar-refractivity contribution is 8.05. The number of hydrogen-bond donors (Lipinski definition) is 1. The lowest BCUT2D eigenvalue weighted by atomic mass is 10.1. The monoisotopic (exact) mass is 501 g/mol. The molecule has 0 aromatic heterocycles. The van der Waals surface area contributed by atoms with Crippen LogP contribution in [-0.2, 0) is 22.4 Å². The molecule has 1 heterocycles. The number of methoxy groups -OCH3 is 1. The number of amides is 2. The van der Waals surface area contributed by atoms with Gasteiger partial charge in [0.15, 0.2) is 0 Å². The first-order chi connectivity index (χ1) is 17.5. The summed E-state index contributed by atoms with van der Waals surface area (Å²) in [7, 11) is 1.60. The highest BCUT2D eigenvalue weighted by Gasteiger charge is 2.40. The lowest BCUT2D eigenvalue weighted by Crippen LogP contribution is -2.32. The minimum atomic E-state index is -0.555. The zero-order chi connectivity index (χ0) is 25.5. The van der Waals surface area contributed by atoms with E-state index in [4.69, 9.17) is 4.74 Å². The van der Waals surface area contributed by atoms with E-state index in [2.05, 4.69) is 5.32 Å². The van der Waals surface area contributed by atoms with Gasteiger partial charge in [0, 0.05) is 12.2 Å². The maximum absolute atomic E-state index is 13.4. The smallest absolute Gasteiger partial charge is 0.264 e. The molecule has 1 aliphatic rings. The van der Waals surface area contributed by atoms with Crippen LogP contribution in [0.2, 0.25) is 0 Å². The van der Waals surface area contributed by atoms with E-state index in [9.17, 15) is 19.2 Å². The quantitative estimate of drug-likeness (QED) is 0.360. The molecule has 0 saturated carbocycles. The number of nitrogens with zero attached hydrogens (tertiary/aromatic N) is 2. The van der Waals surface area contributed by atoms with Crippen molar-refractivity contribution in [3.8, 4) is 11.8 Å². The number of anilines is 1. The number of nitrogens with one attached hydrogen (secondary N) is 1. The fraction of sp³-hybridized carbons (Fsp3) is 0.179. The van der Waals surface area contributed by atoms with Gasteiger partial charge < -0.3 is 10.1 Å². The van der Waals surface area contributed by atoms with Crippen LogP contribution in [0.1, 0.15) is 11.1 Å². The zero-order valence-electron chi connectivity index (χ0n) is 19.6. The van der Waals surface area contributed by atoms with Crippen molar-refractivity contribution in [1.29, 1.82) is 5.26 Å². The Bertz CT molecular complexity index is 1300. The van der Waals surface area contributed by atoms with Gasteiger partial charge in [0.05, 0.1) is 12.4 Å². The summed E-state index contributed by atoms with van der Waals surface area (Å²) in [5.74, 6) is -0.374. The molecule has 36 heavy (non-hydrogen) atoms. The Labute approximate surface area is 213 Å². The molecule has 1 atom stereocenters. The molecule has 1 unspecified atom stereocenters. The minimum Gasteiger partial charge on any atom is -0.497 e. The summed E-state index contributed by atoms with van der Waals surface area (Å²) >= 11 is 1.18. The molecule has 0 aliphatic carbocycles. The van der Waals surface area contributed by atoms with Gasteiger partial charge in [-0.15, -0.1) is 0 Å². The second-order valence-corrected chi connectivity index (χ2v) is 9.28. The van der Waals surface area contributed by atoms with Crippen molar-refractivity contribution >= 4 is 29.3 Å². The number of rotatable bonds is 8.